The van der Waals surface area contributed by atoms with Crippen LogP contribution in [0.15, 0.2) is 30.5 Å². The molecule has 0 aliphatic carbocycles. The van der Waals surface area contributed by atoms with Crippen LogP contribution >= 0.6 is 0 Å². The zero-order valence-corrected chi connectivity index (χ0v) is 13.3. The van der Waals surface area contributed by atoms with Gasteiger partial charge in [-0.2, -0.15) is 0 Å². The van der Waals surface area contributed by atoms with Crippen LogP contribution in [0, 0.1) is 5.92 Å². The number of H-pyrrole nitrogens is 1. The molecule has 0 aliphatic heterocycles. The molecule has 4 nitrogen and oxygen atoms in total. The van der Waals surface area contributed by atoms with E-state index in [1.807, 2.05) is 20.3 Å². The Labute approximate surface area is 126 Å². The SMILES string of the molecule is CC(C)CC(NCc1ccc2[nH]ccc2c1)C(=O)N(C)C. The summed E-state index contributed by atoms with van der Waals surface area (Å²) in [6, 6.07) is 8.28. The Morgan fingerprint density at radius 3 is 2.71 bits per heavy atom. The first kappa shape index (κ1) is 15.6. The van der Waals surface area contributed by atoms with E-state index in [9.17, 15) is 4.79 Å². The maximum absolute atomic E-state index is 12.2. The number of aromatic nitrogens is 1. The second kappa shape index (κ2) is 6.76. The highest BCUT2D eigenvalue weighted by Gasteiger charge is 2.20. The van der Waals surface area contributed by atoms with Gasteiger partial charge in [0.15, 0.2) is 0 Å². The smallest absolute Gasteiger partial charge is 0.239 e. The molecule has 1 heterocycles. The maximum atomic E-state index is 12.2. The number of likely N-dealkylation sites (N-methyl/N-ethyl adjacent to an activating group) is 1. The monoisotopic (exact) mass is 287 g/mol. The van der Waals surface area contributed by atoms with Crippen molar-refractivity contribution in [3.63, 3.8) is 0 Å². The normalized spacial score (nSPS) is 12.8. The van der Waals surface area contributed by atoms with Crippen LogP contribution in [0.3, 0.4) is 0 Å². The minimum Gasteiger partial charge on any atom is -0.361 e. The molecule has 1 unspecified atom stereocenters. The van der Waals surface area contributed by atoms with E-state index in [1.165, 1.54) is 10.9 Å². The molecule has 1 atom stereocenters. The predicted octanol–water partition coefficient (Wildman–Crippen LogP) is 2.76. The number of aromatic amines is 1. The summed E-state index contributed by atoms with van der Waals surface area (Å²) >= 11 is 0. The standard InChI is InChI=1S/C17H25N3O/c1-12(2)9-16(17(21)20(3)4)19-11-13-5-6-15-14(10-13)7-8-18-15/h5-8,10,12,16,18-19H,9,11H2,1-4H3. The number of benzene rings is 1. The number of amides is 1. The van der Waals surface area contributed by atoms with Crippen molar-refractivity contribution >= 4 is 16.8 Å². The lowest BCUT2D eigenvalue weighted by molar-refractivity contribution is -0.131. The Kier molecular flexibility index (Phi) is 5.02. The summed E-state index contributed by atoms with van der Waals surface area (Å²) in [5.74, 6) is 0.630. The van der Waals surface area contributed by atoms with Gasteiger partial charge in [-0.05, 0) is 41.5 Å². The molecule has 4 heteroatoms. The molecule has 114 valence electrons. The predicted molar refractivity (Wildman–Crippen MR) is 87.1 cm³/mol. The number of carbonyl (C=O) groups excluding carboxylic acids is 1. The first-order valence-corrected chi connectivity index (χ1v) is 7.48. The van der Waals surface area contributed by atoms with Crippen molar-refractivity contribution in [2.24, 2.45) is 5.92 Å². The molecule has 1 aromatic carbocycles. The Bertz CT molecular complexity index is 601. The minimum atomic E-state index is -0.123. The summed E-state index contributed by atoms with van der Waals surface area (Å²) in [4.78, 5) is 17.1. The molecule has 2 aromatic rings. The first-order valence-electron chi connectivity index (χ1n) is 7.48. The van der Waals surface area contributed by atoms with Gasteiger partial charge in [0.05, 0.1) is 6.04 Å². The Balaban J connectivity index is 2.04. The summed E-state index contributed by atoms with van der Waals surface area (Å²) in [6.45, 7) is 4.99. The third kappa shape index (κ3) is 4.08. The maximum Gasteiger partial charge on any atom is 0.239 e. The van der Waals surface area contributed by atoms with E-state index in [0.29, 0.717) is 12.5 Å². The van der Waals surface area contributed by atoms with Gasteiger partial charge in [0.2, 0.25) is 5.91 Å². The highest BCUT2D eigenvalue weighted by atomic mass is 16.2. The van der Waals surface area contributed by atoms with Gasteiger partial charge in [-0.3, -0.25) is 4.79 Å². The van der Waals surface area contributed by atoms with Crippen molar-refractivity contribution in [3.05, 3.63) is 36.0 Å². The highest BCUT2D eigenvalue weighted by Crippen LogP contribution is 2.15. The van der Waals surface area contributed by atoms with E-state index in [-0.39, 0.29) is 11.9 Å². The van der Waals surface area contributed by atoms with Crippen molar-refractivity contribution < 1.29 is 4.79 Å². The summed E-state index contributed by atoms with van der Waals surface area (Å²) in [5.41, 5.74) is 2.34. The Morgan fingerprint density at radius 1 is 1.29 bits per heavy atom. The summed E-state index contributed by atoms with van der Waals surface area (Å²) in [5, 5.41) is 4.61. The van der Waals surface area contributed by atoms with Gasteiger partial charge in [0, 0.05) is 32.4 Å². The number of hydrogen-bond donors (Lipinski definition) is 2. The zero-order valence-electron chi connectivity index (χ0n) is 13.3. The molecule has 0 radical (unpaired) electrons. The van der Waals surface area contributed by atoms with Crippen LogP contribution in [0.4, 0.5) is 0 Å². The fraction of sp³-hybridized carbons (Fsp3) is 0.471. The molecule has 21 heavy (non-hydrogen) atoms. The number of rotatable bonds is 6. The largest absolute Gasteiger partial charge is 0.361 e. The number of fused-ring (bicyclic) bond motifs is 1. The van der Waals surface area contributed by atoms with E-state index in [1.54, 1.807) is 4.90 Å². The van der Waals surface area contributed by atoms with Gasteiger partial charge in [-0.15, -0.1) is 0 Å². The van der Waals surface area contributed by atoms with Crippen LogP contribution in [0.1, 0.15) is 25.8 Å². The van der Waals surface area contributed by atoms with Crippen molar-refractivity contribution in [1.82, 2.24) is 15.2 Å². The van der Waals surface area contributed by atoms with Gasteiger partial charge >= 0.3 is 0 Å². The van der Waals surface area contributed by atoms with Gasteiger partial charge in [0.25, 0.3) is 0 Å². The molecule has 0 fully saturated rings. The molecular weight excluding hydrogens is 262 g/mol. The second-order valence-electron chi connectivity index (χ2n) is 6.19. The fourth-order valence-electron chi connectivity index (χ4n) is 2.51. The van der Waals surface area contributed by atoms with E-state index in [4.69, 9.17) is 0 Å². The lowest BCUT2D eigenvalue weighted by Crippen LogP contribution is -2.44. The summed E-state index contributed by atoms with van der Waals surface area (Å²) in [7, 11) is 3.62. The average Bonchev–Trinajstić information content (AvgIpc) is 2.89. The third-order valence-electron chi connectivity index (χ3n) is 3.62. The van der Waals surface area contributed by atoms with Gasteiger partial charge in [-0.1, -0.05) is 19.9 Å². The number of hydrogen-bond acceptors (Lipinski definition) is 2. The molecule has 2 N–H and O–H groups in total. The lowest BCUT2D eigenvalue weighted by atomic mass is 10.0. The van der Waals surface area contributed by atoms with Crippen LogP contribution in [0.25, 0.3) is 10.9 Å². The fourth-order valence-corrected chi connectivity index (χ4v) is 2.51. The van der Waals surface area contributed by atoms with E-state index in [0.717, 1.165) is 11.9 Å². The third-order valence-corrected chi connectivity index (χ3v) is 3.62. The molecule has 0 bridgehead atoms. The van der Waals surface area contributed by atoms with E-state index in [2.05, 4.69) is 48.4 Å². The number of nitrogens with zero attached hydrogens (tertiary/aromatic N) is 1. The molecular formula is C17H25N3O. The molecule has 0 saturated carbocycles. The van der Waals surface area contributed by atoms with Crippen LogP contribution < -0.4 is 5.32 Å². The average molecular weight is 287 g/mol. The van der Waals surface area contributed by atoms with Crippen LogP contribution in [-0.4, -0.2) is 35.9 Å². The quantitative estimate of drug-likeness (QED) is 0.858. The zero-order chi connectivity index (χ0) is 15.4. The van der Waals surface area contributed by atoms with Gasteiger partial charge in [0.1, 0.15) is 0 Å². The summed E-state index contributed by atoms with van der Waals surface area (Å²) in [6.07, 6.45) is 2.79. The van der Waals surface area contributed by atoms with Gasteiger partial charge in [-0.25, -0.2) is 0 Å². The van der Waals surface area contributed by atoms with Crippen molar-refractivity contribution in [1.29, 1.82) is 0 Å². The number of carbonyl (C=O) groups is 1. The van der Waals surface area contributed by atoms with Crippen LogP contribution in [0.2, 0.25) is 0 Å². The van der Waals surface area contributed by atoms with Crippen molar-refractivity contribution in [2.75, 3.05) is 14.1 Å². The molecule has 0 spiro atoms. The molecule has 0 saturated heterocycles. The van der Waals surface area contributed by atoms with Gasteiger partial charge < -0.3 is 15.2 Å². The molecule has 1 amide bonds. The second-order valence-corrected chi connectivity index (χ2v) is 6.19. The molecule has 1 aromatic heterocycles. The molecule has 0 aliphatic rings. The first-order chi connectivity index (χ1) is 9.97. The Morgan fingerprint density at radius 2 is 2.05 bits per heavy atom. The van der Waals surface area contributed by atoms with Crippen LogP contribution in [-0.2, 0) is 11.3 Å². The minimum absolute atomic E-state index is 0.123. The lowest BCUT2D eigenvalue weighted by Gasteiger charge is -2.23. The molecule has 2 rings (SSSR count). The van der Waals surface area contributed by atoms with E-state index < -0.39 is 0 Å². The highest BCUT2D eigenvalue weighted by molar-refractivity contribution is 5.81. The van der Waals surface area contributed by atoms with Crippen LogP contribution in [0.5, 0.6) is 0 Å². The van der Waals surface area contributed by atoms with Crippen molar-refractivity contribution in [2.45, 2.75) is 32.9 Å². The summed E-state index contributed by atoms with van der Waals surface area (Å²) < 4.78 is 0. The topological polar surface area (TPSA) is 48.1 Å². The van der Waals surface area contributed by atoms with E-state index >= 15 is 0 Å². The van der Waals surface area contributed by atoms with Crippen molar-refractivity contribution in [3.8, 4) is 0 Å². The Hall–Kier alpha value is -1.81. The number of nitrogens with one attached hydrogen (secondary N) is 2.